The lowest BCUT2D eigenvalue weighted by atomic mass is 10.3. The van der Waals surface area contributed by atoms with Crippen LogP contribution in [0.25, 0.3) is 10.9 Å². The molecule has 0 saturated carbocycles. The Kier molecular flexibility index (Phi) is 3.65. The topological polar surface area (TPSA) is 31.9 Å². The Morgan fingerprint density at radius 2 is 2.00 bits per heavy atom. The van der Waals surface area contributed by atoms with Gasteiger partial charge in [0.2, 0.25) is 0 Å². The van der Waals surface area contributed by atoms with E-state index < -0.39 is 0 Å². The fourth-order valence-electron chi connectivity index (χ4n) is 2.10. The predicted molar refractivity (Wildman–Crippen MR) is 86.4 cm³/mol. The summed E-state index contributed by atoms with van der Waals surface area (Å²) in [5.74, 6) is 0.870. The number of nitrogens with zero attached hydrogens (tertiary/aromatic N) is 2. The van der Waals surface area contributed by atoms with Crippen LogP contribution in [-0.2, 0) is 5.75 Å². The fraction of sp³-hybridized carbons (Fsp3) is 0.188. The van der Waals surface area contributed by atoms with Crippen molar-refractivity contribution in [3.8, 4) is 0 Å². The summed E-state index contributed by atoms with van der Waals surface area (Å²) in [5.41, 5.74) is 3.47. The molecule has 2 aromatic heterocycles. The normalized spacial score (nSPS) is 10.9. The van der Waals surface area contributed by atoms with Gasteiger partial charge in [0.25, 0.3) is 0 Å². The summed E-state index contributed by atoms with van der Waals surface area (Å²) in [7, 11) is 4.09. The molecule has 20 heavy (non-hydrogen) atoms. The number of hydrogen-bond donors (Lipinski definition) is 1. The molecule has 3 rings (SSSR count). The van der Waals surface area contributed by atoms with Gasteiger partial charge in [0.15, 0.2) is 0 Å². The average Bonchev–Trinajstić information content (AvgIpc) is 2.88. The molecular formula is C16H17N3S. The Morgan fingerprint density at radius 1 is 1.15 bits per heavy atom. The van der Waals surface area contributed by atoms with Crippen LogP contribution in [0.5, 0.6) is 0 Å². The van der Waals surface area contributed by atoms with E-state index in [9.17, 15) is 0 Å². The number of rotatable bonds is 4. The number of nitrogens with one attached hydrogen (secondary N) is 1. The highest BCUT2D eigenvalue weighted by atomic mass is 32.2. The lowest BCUT2D eigenvalue weighted by Gasteiger charge is -2.12. The zero-order valence-electron chi connectivity index (χ0n) is 11.6. The maximum atomic E-state index is 4.43. The number of para-hydroxylation sites is 1. The molecule has 0 amide bonds. The molecule has 0 saturated heterocycles. The minimum atomic E-state index is 0.870. The van der Waals surface area contributed by atoms with E-state index in [1.54, 1.807) is 11.8 Å². The summed E-state index contributed by atoms with van der Waals surface area (Å²) < 4.78 is 0. The van der Waals surface area contributed by atoms with E-state index in [4.69, 9.17) is 0 Å². The van der Waals surface area contributed by atoms with E-state index in [1.165, 1.54) is 21.6 Å². The van der Waals surface area contributed by atoms with Crippen molar-refractivity contribution in [2.75, 3.05) is 19.0 Å². The highest BCUT2D eigenvalue weighted by Gasteiger charge is 2.03. The summed E-state index contributed by atoms with van der Waals surface area (Å²) in [6.45, 7) is 0. The molecule has 0 radical (unpaired) electrons. The van der Waals surface area contributed by atoms with Gasteiger partial charge in [0.1, 0.15) is 0 Å². The second-order valence-corrected chi connectivity index (χ2v) is 5.93. The quantitative estimate of drug-likeness (QED) is 0.736. The van der Waals surface area contributed by atoms with Gasteiger partial charge in [-0.15, -0.1) is 11.8 Å². The number of anilines is 1. The van der Waals surface area contributed by atoms with Crippen molar-refractivity contribution in [3.05, 3.63) is 54.4 Å². The van der Waals surface area contributed by atoms with E-state index in [0.29, 0.717) is 0 Å². The van der Waals surface area contributed by atoms with Crippen molar-refractivity contribution in [3.63, 3.8) is 0 Å². The standard InChI is InChI=1S/C16H17N3S/c1-19(2)14-7-8-17-13(10-14)11-20-16-9-12-5-3-4-6-15(12)18-16/h3-10,18H,11H2,1-2H3. The van der Waals surface area contributed by atoms with Gasteiger partial charge in [0.05, 0.1) is 10.7 Å². The van der Waals surface area contributed by atoms with Gasteiger partial charge in [0, 0.05) is 42.6 Å². The van der Waals surface area contributed by atoms with Crippen molar-refractivity contribution in [1.29, 1.82) is 0 Å². The molecule has 0 unspecified atom stereocenters. The van der Waals surface area contributed by atoms with Gasteiger partial charge in [-0.2, -0.15) is 0 Å². The third-order valence-corrected chi connectivity index (χ3v) is 4.17. The second kappa shape index (κ2) is 5.59. The summed E-state index contributed by atoms with van der Waals surface area (Å²) in [4.78, 5) is 9.95. The van der Waals surface area contributed by atoms with Crippen LogP contribution >= 0.6 is 11.8 Å². The van der Waals surface area contributed by atoms with E-state index in [0.717, 1.165) is 11.4 Å². The summed E-state index contributed by atoms with van der Waals surface area (Å²) in [6, 6.07) is 14.7. The van der Waals surface area contributed by atoms with Crippen molar-refractivity contribution in [2.24, 2.45) is 0 Å². The lowest BCUT2D eigenvalue weighted by molar-refractivity contribution is 1.09. The molecular weight excluding hydrogens is 266 g/mol. The first kappa shape index (κ1) is 13.1. The van der Waals surface area contributed by atoms with Gasteiger partial charge in [-0.1, -0.05) is 18.2 Å². The molecule has 2 heterocycles. The molecule has 0 spiro atoms. The van der Waals surface area contributed by atoms with Crippen LogP contribution in [0.4, 0.5) is 5.69 Å². The van der Waals surface area contributed by atoms with Crippen molar-refractivity contribution < 1.29 is 0 Å². The minimum Gasteiger partial charge on any atom is -0.378 e. The van der Waals surface area contributed by atoms with Gasteiger partial charge < -0.3 is 9.88 Å². The number of benzene rings is 1. The molecule has 1 N–H and O–H groups in total. The Bertz CT molecular complexity index is 685. The highest BCUT2D eigenvalue weighted by Crippen LogP contribution is 2.26. The maximum absolute atomic E-state index is 4.43. The molecule has 4 heteroatoms. The number of fused-ring (bicyclic) bond motifs is 1. The summed E-state index contributed by atoms with van der Waals surface area (Å²) in [6.07, 6.45) is 1.87. The molecule has 3 nitrogen and oxygen atoms in total. The highest BCUT2D eigenvalue weighted by molar-refractivity contribution is 7.98. The number of pyridine rings is 1. The monoisotopic (exact) mass is 283 g/mol. The van der Waals surface area contributed by atoms with Gasteiger partial charge >= 0.3 is 0 Å². The SMILES string of the molecule is CN(C)c1ccnc(CSc2cc3ccccc3[nH]2)c1. The average molecular weight is 283 g/mol. The van der Waals surface area contributed by atoms with E-state index >= 15 is 0 Å². The first-order valence-electron chi connectivity index (χ1n) is 6.55. The third kappa shape index (κ3) is 2.80. The molecule has 0 bridgehead atoms. The Balaban J connectivity index is 1.74. The number of aromatic amines is 1. The number of thioether (sulfide) groups is 1. The summed E-state index contributed by atoms with van der Waals surface area (Å²) in [5, 5.41) is 2.44. The van der Waals surface area contributed by atoms with Crippen LogP contribution in [0.2, 0.25) is 0 Å². The first-order valence-corrected chi connectivity index (χ1v) is 7.54. The second-order valence-electron chi connectivity index (χ2n) is 4.91. The smallest absolute Gasteiger partial charge is 0.0736 e. The van der Waals surface area contributed by atoms with Crippen LogP contribution in [0.3, 0.4) is 0 Å². The first-order chi connectivity index (χ1) is 9.72. The Morgan fingerprint density at radius 3 is 2.80 bits per heavy atom. The zero-order chi connectivity index (χ0) is 13.9. The van der Waals surface area contributed by atoms with Crippen LogP contribution in [-0.4, -0.2) is 24.1 Å². The Labute approximate surface area is 123 Å². The van der Waals surface area contributed by atoms with E-state index in [2.05, 4.69) is 51.3 Å². The largest absolute Gasteiger partial charge is 0.378 e. The van der Waals surface area contributed by atoms with Crippen molar-refractivity contribution in [2.45, 2.75) is 10.8 Å². The van der Waals surface area contributed by atoms with Gasteiger partial charge in [-0.3, -0.25) is 4.98 Å². The van der Waals surface area contributed by atoms with Crippen LogP contribution in [0.15, 0.2) is 53.7 Å². The molecule has 0 aliphatic heterocycles. The zero-order valence-corrected chi connectivity index (χ0v) is 12.4. The minimum absolute atomic E-state index is 0.870. The van der Waals surface area contributed by atoms with Gasteiger partial charge in [-0.05, 0) is 24.3 Å². The van der Waals surface area contributed by atoms with E-state index in [-0.39, 0.29) is 0 Å². The molecule has 0 fully saturated rings. The molecule has 3 aromatic rings. The summed E-state index contributed by atoms with van der Waals surface area (Å²) >= 11 is 1.78. The molecule has 0 aliphatic carbocycles. The number of aromatic nitrogens is 2. The number of hydrogen-bond acceptors (Lipinski definition) is 3. The third-order valence-electron chi connectivity index (χ3n) is 3.20. The predicted octanol–water partition coefficient (Wildman–Crippen LogP) is 3.92. The molecule has 1 aromatic carbocycles. The van der Waals surface area contributed by atoms with Crippen LogP contribution in [0, 0.1) is 0 Å². The molecule has 0 atom stereocenters. The molecule has 0 aliphatic rings. The number of H-pyrrole nitrogens is 1. The van der Waals surface area contributed by atoms with Crippen LogP contribution < -0.4 is 4.90 Å². The molecule has 102 valence electrons. The maximum Gasteiger partial charge on any atom is 0.0736 e. The Hall–Kier alpha value is -1.94. The van der Waals surface area contributed by atoms with Gasteiger partial charge in [-0.25, -0.2) is 0 Å². The van der Waals surface area contributed by atoms with Crippen LogP contribution in [0.1, 0.15) is 5.69 Å². The fourth-order valence-corrected chi connectivity index (χ4v) is 2.95. The van der Waals surface area contributed by atoms with E-state index in [1.807, 2.05) is 26.4 Å². The lowest BCUT2D eigenvalue weighted by Crippen LogP contribution is -2.09. The van der Waals surface area contributed by atoms with Crippen molar-refractivity contribution in [1.82, 2.24) is 9.97 Å². The van der Waals surface area contributed by atoms with Crippen molar-refractivity contribution >= 4 is 28.4 Å².